The molecule has 0 atom stereocenters. The largest absolute Gasteiger partial charge is 0.354 e. The molecule has 0 aliphatic carbocycles. The third-order valence-corrected chi connectivity index (χ3v) is 6.53. The van der Waals surface area contributed by atoms with Crippen molar-refractivity contribution < 1.29 is 13.2 Å². The summed E-state index contributed by atoms with van der Waals surface area (Å²) in [4.78, 5) is 14.7. The molecule has 1 fully saturated rings. The number of likely N-dealkylation sites (tertiary alicyclic amines) is 1. The summed E-state index contributed by atoms with van der Waals surface area (Å²) in [5.74, 6) is 0.908. The molecule has 1 heterocycles. The second kappa shape index (κ2) is 10.3. The van der Waals surface area contributed by atoms with Crippen molar-refractivity contribution in [2.45, 2.75) is 46.0 Å². The van der Waals surface area contributed by atoms with Crippen LogP contribution in [0, 0.1) is 5.92 Å². The van der Waals surface area contributed by atoms with Crippen LogP contribution in [0.1, 0.15) is 51.5 Å². The van der Waals surface area contributed by atoms with Crippen molar-refractivity contribution in [1.29, 1.82) is 0 Å². The summed E-state index contributed by atoms with van der Waals surface area (Å²) in [6.07, 6.45) is 4.49. The van der Waals surface area contributed by atoms with Gasteiger partial charge in [0.1, 0.15) is 6.54 Å². The normalized spacial score (nSPS) is 16.3. The number of piperidine rings is 1. The zero-order chi connectivity index (χ0) is 20.7. The summed E-state index contributed by atoms with van der Waals surface area (Å²) in [6.45, 7) is 10.1. The van der Waals surface area contributed by atoms with Crippen molar-refractivity contribution in [3.8, 4) is 0 Å². The topological polar surface area (TPSA) is 69.7 Å². The summed E-state index contributed by atoms with van der Waals surface area (Å²) in [7, 11) is -3.53. The number of hydrogen-bond acceptors (Lipinski definition) is 4. The van der Waals surface area contributed by atoms with Gasteiger partial charge in [-0.25, -0.2) is 8.42 Å². The Morgan fingerprint density at radius 2 is 1.82 bits per heavy atom. The second-order valence-corrected chi connectivity index (χ2v) is 10.2. The molecule has 1 aromatic rings. The molecule has 0 spiro atoms. The maximum absolute atomic E-state index is 12.3. The molecular weight excluding hydrogens is 374 g/mol. The fraction of sp³-hybridized carbons (Fsp3) is 0.667. The molecule has 1 aromatic carbocycles. The molecule has 1 N–H and O–H groups in total. The summed E-state index contributed by atoms with van der Waals surface area (Å²) in [5, 5.41) is 2.86. The summed E-state index contributed by atoms with van der Waals surface area (Å²) < 4.78 is 25.5. The van der Waals surface area contributed by atoms with Crippen molar-refractivity contribution in [2.24, 2.45) is 5.92 Å². The molecule has 0 unspecified atom stereocenters. The van der Waals surface area contributed by atoms with E-state index >= 15 is 0 Å². The van der Waals surface area contributed by atoms with Crippen molar-refractivity contribution in [3.63, 3.8) is 0 Å². The molecule has 0 aromatic heterocycles. The van der Waals surface area contributed by atoms with E-state index in [0.29, 0.717) is 18.2 Å². The Morgan fingerprint density at radius 3 is 2.36 bits per heavy atom. The number of rotatable bonds is 9. The fourth-order valence-corrected chi connectivity index (χ4v) is 4.28. The molecule has 0 bridgehead atoms. The van der Waals surface area contributed by atoms with Gasteiger partial charge in [-0.05, 0) is 68.4 Å². The average molecular weight is 410 g/mol. The van der Waals surface area contributed by atoms with E-state index in [2.05, 4.69) is 31.0 Å². The average Bonchev–Trinajstić information content (AvgIpc) is 2.64. The number of anilines is 1. The molecule has 1 saturated heterocycles. The van der Waals surface area contributed by atoms with Crippen molar-refractivity contribution in [2.75, 3.05) is 43.3 Å². The first-order valence-electron chi connectivity index (χ1n) is 10.2. The molecule has 1 amide bonds. The van der Waals surface area contributed by atoms with Gasteiger partial charge in [0.05, 0.1) is 11.9 Å². The first-order valence-corrected chi connectivity index (χ1v) is 12.1. The van der Waals surface area contributed by atoms with E-state index in [1.54, 1.807) is 12.1 Å². The highest BCUT2D eigenvalue weighted by Gasteiger charge is 2.21. The molecule has 2 rings (SSSR count). The summed E-state index contributed by atoms with van der Waals surface area (Å²) in [6, 6.07) is 7.35. The minimum Gasteiger partial charge on any atom is -0.354 e. The Labute approximate surface area is 170 Å². The molecule has 1 aliphatic heterocycles. The van der Waals surface area contributed by atoms with Gasteiger partial charge in [-0.1, -0.05) is 32.9 Å². The molecule has 6 nitrogen and oxygen atoms in total. The van der Waals surface area contributed by atoms with Gasteiger partial charge in [0.15, 0.2) is 0 Å². The first-order chi connectivity index (χ1) is 13.2. The molecule has 158 valence electrons. The zero-order valence-electron chi connectivity index (χ0n) is 17.6. The molecule has 0 radical (unpaired) electrons. The van der Waals surface area contributed by atoms with Gasteiger partial charge in [-0.15, -0.1) is 0 Å². The Bertz CT molecular complexity index is 724. The van der Waals surface area contributed by atoms with E-state index in [-0.39, 0.29) is 12.5 Å². The van der Waals surface area contributed by atoms with Crippen LogP contribution in [0.15, 0.2) is 24.3 Å². The van der Waals surface area contributed by atoms with Gasteiger partial charge >= 0.3 is 0 Å². The van der Waals surface area contributed by atoms with Crippen molar-refractivity contribution in [1.82, 2.24) is 10.2 Å². The van der Waals surface area contributed by atoms with E-state index in [1.807, 2.05) is 12.1 Å². The lowest BCUT2D eigenvalue weighted by molar-refractivity contribution is -0.119. The number of nitrogens with zero attached hydrogens (tertiary/aromatic N) is 2. The summed E-state index contributed by atoms with van der Waals surface area (Å²) >= 11 is 0. The van der Waals surface area contributed by atoms with Gasteiger partial charge in [-0.2, -0.15) is 0 Å². The smallest absolute Gasteiger partial charge is 0.240 e. The minimum atomic E-state index is -3.53. The van der Waals surface area contributed by atoms with Crippen molar-refractivity contribution >= 4 is 21.6 Å². The van der Waals surface area contributed by atoms with Crippen LogP contribution in [0.25, 0.3) is 0 Å². The number of sulfonamides is 1. The van der Waals surface area contributed by atoms with E-state index in [9.17, 15) is 13.2 Å². The molecule has 1 aliphatic rings. The van der Waals surface area contributed by atoms with E-state index in [1.165, 1.54) is 17.1 Å². The van der Waals surface area contributed by atoms with Gasteiger partial charge in [0.25, 0.3) is 0 Å². The third-order valence-electron chi connectivity index (χ3n) is 5.38. The molecular formula is C21H35N3O3S. The predicted octanol–water partition coefficient (Wildman–Crippen LogP) is 2.81. The van der Waals surface area contributed by atoms with Crippen LogP contribution in [0.3, 0.4) is 0 Å². The molecule has 0 saturated carbocycles. The highest BCUT2D eigenvalue weighted by Crippen LogP contribution is 2.22. The highest BCUT2D eigenvalue weighted by atomic mass is 32.2. The van der Waals surface area contributed by atoms with Crippen LogP contribution >= 0.6 is 0 Å². The van der Waals surface area contributed by atoms with Crippen LogP contribution in [0.4, 0.5) is 5.69 Å². The van der Waals surface area contributed by atoms with Gasteiger partial charge < -0.3 is 10.2 Å². The Morgan fingerprint density at radius 1 is 1.21 bits per heavy atom. The Balaban J connectivity index is 1.84. The minimum absolute atomic E-state index is 0.193. The zero-order valence-corrected chi connectivity index (χ0v) is 18.5. The summed E-state index contributed by atoms with van der Waals surface area (Å²) in [5.41, 5.74) is 1.65. The standard InChI is InChI=1S/C21H35N3O3S/c1-17(2)19-6-8-20(9-7-19)24(28(4,26)27)16-21(25)22-12-5-13-23-14-10-18(3)11-15-23/h6-9,17-18H,5,10-16H2,1-4H3,(H,22,25). The highest BCUT2D eigenvalue weighted by molar-refractivity contribution is 7.92. The number of carbonyl (C=O) groups is 1. The quantitative estimate of drug-likeness (QED) is 0.637. The number of hydrogen-bond donors (Lipinski definition) is 1. The maximum Gasteiger partial charge on any atom is 0.240 e. The lowest BCUT2D eigenvalue weighted by atomic mass is 9.99. The second-order valence-electron chi connectivity index (χ2n) is 8.24. The SMILES string of the molecule is CC1CCN(CCCNC(=O)CN(c2ccc(C(C)C)cc2)S(C)(=O)=O)CC1. The monoisotopic (exact) mass is 409 g/mol. The van der Waals surface area contributed by atoms with Gasteiger partial charge in [0, 0.05) is 6.54 Å². The number of amides is 1. The number of benzene rings is 1. The molecule has 7 heteroatoms. The number of carbonyl (C=O) groups excluding carboxylic acids is 1. The Kier molecular flexibility index (Phi) is 8.31. The van der Waals surface area contributed by atoms with Crippen LogP contribution in [-0.4, -0.2) is 58.2 Å². The van der Waals surface area contributed by atoms with E-state index < -0.39 is 10.0 Å². The lowest BCUT2D eigenvalue weighted by Crippen LogP contribution is -2.41. The Hall–Kier alpha value is -1.60. The third kappa shape index (κ3) is 7.09. The van der Waals surface area contributed by atoms with Crippen LogP contribution in [0.5, 0.6) is 0 Å². The maximum atomic E-state index is 12.3. The predicted molar refractivity (Wildman–Crippen MR) is 115 cm³/mol. The van der Waals surface area contributed by atoms with E-state index in [4.69, 9.17) is 0 Å². The van der Waals surface area contributed by atoms with Gasteiger partial charge in [0.2, 0.25) is 15.9 Å². The van der Waals surface area contributed by atoms with Crippen LogP contribution < -0.4 is 9.62 Å². The van der Waals surface area contributed by atoms with E-state index in [0.717, 1.165) is 43.8 Å². The molecule has 28 heavy (non-hydrogen) atoms. The van der Waals surface area contributed by atoms with Gasteiger partial charge in [-0.3, -0.25) is 9.10 Å². The fourth-order valence-electron chi connectivity index (χ4n) is 3.43. The van der Waals surface area contributed by atoms with Crippen LogP contribution in [0.2, 0.25) is 0 Å². The van der Waals surface area contributed by atoms with Crippen LogP contribution in [-0.2, 0) is 14.8 Å². The first kappa shape index (κ1) is 22.7. The lowest BCUT2D eigenvalue weighted by Gasteiger charge is -2.30. The number of nitrogens with one attached hydrogen (secondary N) is 1. The van der Waals surface area contributed by atoms with Crippen molar-refractivity contribution in [3.05, 3.63) is 29.8 Å².